The summed E-state index contributed by atoms with van der Waals surface area (Å²) in [4.78, 5) is 1.88. The number of rotatable bonds is 6. The van der Waals surface area contributed by atoms with Crippen LogP contribution in [0.4, 0.5) is 13.2 Å². The lowest BCUT2D eigenvalue weighted by Gasteiger charge is -2.19. The van der Waals surface area contributed by atoms with E-state index >= 15 is 0 Å². The van der Waals surface area contributed by atoms with Crippen LogP contribution in [0.3, 0.4) is 0 Å². The first-order valence-electron chi connectivity index (χ1n) is 3.98. The van der Waals surface area contributed by atoms with E-state index in [1.165, 1.54) is 0 Å². The monoisotopic (exact) mass is 263 g/mol. The summed E-state index contributed by atoms with van der Waals surface area (Å²) in [6.45, 7) is 3.37. The van der Waals surface area contributed by atoms with E-state index in [4.69, 9.17) is 0 Å². The lowest BCUT2D eigenvalue weighted by atomic mass is 10.5. The Balaban J connectivity index is 3.49. The molecule has 0 aromatic heterocycles. The Labute approximate surface area is 84.2 Å². The van der Waals surface area contributed by atoms with Gasteiger partial charge >= 0.3 is 6.36 Å². The van der Waals surface area contributed by atoms with Crippen molar-refractivity contribution in [3.8, 4) is 0 Å². The minimum Gasteiger partial charge on any atom is -0.300 e. The van der Waals surface area contributed by atoms with Gasteiger partial charge in [-0.15, -0.1) is 13.2 Å². The zero-order chi connectivity index (χ0) is 10.3. The quantitative estimate of drug-likeness (QED) is 0.682. The van der Waals surface area contributed by atoms with Crippen molar-refractivity contribution < 1.29 is 17.9 Å². The Kier molecular flexibility index (Phi) is 6.71. The normalized spacial score (nSPS) is 12.5. The molecular formula is C7H13BrF3NO. The molecule has 2 nitrogen and oxygen atoms in total. The molecule has 0 rings (SSSR count). The maximum absolute atomic E-state index is 11.5. The first-order valence-corrected chi connectivity index (χ1v) is 5.10. The first-order chi connectivity index (χ1) is 5.99. The lowest BCUT2D eigenvalue weighted by molar-refractivity contribution is -0.325. The van der Waals surface area contributed by atoms with Crippen molar-refractivity contribution >= 4 is 15.9 Å². The Hall–Kier alpha value is 0.190. The summed E-state index contributed by atoms with van der Waals surface area (Å²) in [5, 5.41) is 0.757. The Morgan fingerprint density at radius 2 is 1.92 bits per heavy atom. The number of nitrogens with zero attached hydrogens (tertiary/aromatic N) is 1. The smallest absolute Gasteiger partial charge is 0.300 e. The third-order valence-corrected chi connectivity index (χ3v) is 1.88. The fourth-order valence-corrected chi connectivity index (χ4v) is 1.34. The highest BCUT2D eigenvalue weighted by molar-refractivity contribution is 9.09. The van der Waals surface area contributed by atoms with E-state index in [1.54, 1.807) is 0 Å². The van der Waals surface area contributed by atoms with Crippen molar-refractivity contribution in [1.29, 1.82) is 0 Å². The van der Waals surface area contributed by atoms with E-state index in [1.807, 2.05) is 11.8 Å². The van der Waals surface area contributed by atoms with Crippen molar-refractivity contribution in [2.45, 2.75) is 13.3 Å². The molecule has 0 atom stereocenters. The second-order valence-electron chi connectivity index (χ2n) is 2.42. The predicted octanol–water partition coefficient (Wildman–Crippen LogP) is 2.24. The zero-order valence-electron chi connectivity index (χ0n) is 7.40. The molecule has 0 saturated carbocycles. The van der Waals surface area contributed by atoms with Crippen LogP contribution in [0.15, 0.2) is 0 Å². The summed E-state index contributed by atoms with van der Waals surface area (Å²) < 4.78 is 38.3. The van der Waals surface area contributed by atoms with Gasteiger partial charge in [-0.3, -0.25) is 4.74 Å². The number of hydrogen-bond donors (Lipinski definition) is 0. The minimum atomic E-state index is -4.51. The summed E-state index contributed by atoms with van der Waals surface area (Å²) in [5.41, 5.74) is 0. The highest BCUT2D eigenvalue weighted by atomic mass is 79.9. The second-order valence-corrected chi connectivity index (χ2v) is 3.21. The number of alkyl halides is 4. The number of likely N-dealkylation sites (N-methyl/N-ethyl adjacent to an activating group) is 1. The molecule has 0 aromatic rings. The molecule has 0 aromatic carbocycles. The van der Waals surface area contributed by atoms with Crippen LogP contribution in [-0.2, 0) is 4.74 Å². The molecule has 0 N–H and O–H groups in total. The molecule has 0 heterocycles. The fourth-order valence-electron chi connectivity index (χ4n) is 0.838. The summed E-state index contributed by atoms with van der Waals surface area (Å²) in [5.74, 6) is 0. The average Bonchev–Trinajstić information content (AvgIpc) is 2.01. The largest absolute Gasteiger partial charge is 0.522 e. The molecule has 0 radical (unpaired) electrons. The van der Waals surface area contributed by atoms with Crippen molar-refractivity contribution in [2.24, 2.45) is 0 Å². The molecule has 0 saturated heterocycles. The van der Waals surface area contributed by atoms with Crippen LogP contribution in [0.1, 0.15) is 6.92 Å². The van der Waals surface area contributed by atoms with Gasteiger partial charge in [-0.2, -0.15) is 0 Å². The number of ether oxygens (including phenoxy) is 1. The molecule has 0 unspecified atom stereocenters. The third-order valence-electron chi connectivity index (χ3n) is 1.52. The molecule has 0 aliphatic carbocycles. The summed E-state index contributed by atoms with van der Waals surface area (Å²) in [7, 11) is 0. The molecular weight excluding hydrogens is 251 g/mol. The highest BCUT2D eigenvalue weighted by Gasteiger charge is 2.28. The van der Waals surface area contributed by atoms with Crippen molar-refractivity contribution in [2.75, 3.05) is 31.6 Å². The average molecular weight is 264 g/mol. The van der Waals surface area contributed by atoms with Crippen molar-refractivity contribution in [1.82, 2.24) is 4.90 Å². The maximum atomic E-state index is 11.5. The lowest BCUT2D eigenvalue weighted by Crippen LogP contribution is -2.31. The van der Waals surface area contributed by atoms with Gasteiger partial charge < -0.3 is 4.90 Å². The van der Waals surface area contributed by atoms with Gasteiger partial charge in [0.2, 0.25) is 0 Å². The van der Waals surface area contributed by atoms with Crippen LogP contribution < -0.4 is 0 Å². The highest BCUT2D eigenvalue weighted by Crippen LogP contribution is 2.15. The van der Waals surface area contributed by atoms with E-state index in [9.17, 15) is 13.2 Å². The second kappa shape index (κ2) is 6.62. The standard InChI is InChI=1S/C7H13BrF3NO/c1-2-12(4-3-8)5-6-13-7(9,10)11/h2-6H2,1H3. The van der Waals surface area contributed by atoms with Gasteiger partial charge in [-0.05, 0) is 6.54 Å². The minimum absolute atomic E-state index is 0.301. The van der Waals surface area contributed by atoms with Gasteiger partial charge in [0.15, 0.2) is 0 Å². The van der Waals surface area contributed by atoms with E-state index in [-0.39, 0.29) is 6.61 Å². The summed E-state index contributed by atoms with van der Waals surface area (Å²) >= 11 is 3.22. The molecule has 0 amide bonds. The summed E-state index contributed by atoms with van der Waals surface area (Å²) in [6.07, 6.45) is -4.51. The Morgan fingerprint density at radius 3 is 2.31 bits per heavy atom. The van der Waals surface area contributed by atoms with Crippen LogP contribution in [0, 0.1) is 0 Å². The number of halogens is 4. The Morgan fingerprint density at radius 1 is 1.31 bits per heavy atom. The van der Waals surface area contributed by atoms with Gasteiger partial charge in [-0.25, -0.2) is 0 Å². The van der Waals surface area contributed by atoms with Crippen molar-refractivity contribution in [3.05, 3.63) is 0 Å². The Bertz CT molecular complexity index is 131. The van der Waals surface area contributed by atoms with Crippen LogP contribution in [0.25, 0.3) is 0 Å². The molecule has 0 aliphatic heterocycles. The molecule has 0 bridgehead atoms. The van der Waals surface area contributed by atoms with E-state index in [0.717, 1.165) is 18.4 Å². The zero-order valence-corrected chi connectivity index (χ0v) is 8.99. The number of hydrogen-bond acceptors (Lipinski definition) is 2. The van der Waals surface area contributed by atoms with Crippen LogP contribution >= 0.6 is 15.9 Å². The van der Waals surface area contributed by atoms with E-state index in [2.05, 4.69) is 20.7 Å². The molecule has 0 fully saturated rings. The van der Waals surface area contributed by atoms with Crippen LogP contribution in [-0.4, -0.2) is 42.8 Å². The molecule has 80 valence electrons. The molecule has 0 aliphatic rings. The van der Waals surface area contributed by atoms with E-state index < -0.39 is 6.36 Å². The van der Waals surface area contributed by atoms with Gasteiger partial charge in [0.05, 0.1) is 6.61 Å². The topological polar surface area (TPSA) is 12.5 Å². The van der Waals surface area contributed by atoms with Gasteiger partial charge in [0, 0.05) is 18.4 Å². The fraction of sp³-hybridized carbons (Fsp3) is 1.00. The predicted molar refractivity (Wildman–Crippen MR) is 47.9 cm³/mol. The first kappa shape index (κ1) is 13.2. The molecule has 0 spiro atoms. The maximum Gasteiger partial charge on any atom is 0.522 e. The SMILES string of the molecule is CCN(CCBr)CCOC(F)(F)F. The van der Waals surface area contributed by atoms with Crippen molar-refractivity contribution in [3.63, 3.8) is 0 Å². The molecule has 6 heteroatoms. The summed E-state index contributed by atoms with van der Waals surface area (Å²) in [6, 6.07) is 0. The van der Waals surface area contributed by atoms with Gasteiger partial charge in [-0.1, -0.05) is 22.9 Å². The van der Waals surface area contributed by atoms with Gasteiger partial charge in [0.25, 0.3) is 0 Å². The third kappa shape index (κ3) is 8.52. The van der Waals surface area contributed by atoms with Crippen LogP contribution in [0.2, 0.25) is 0 Å². The van der Waals surface area contributed by atoms with Gasteiger partial charge in [0.1, 0.15) is 0 Å². The molecule has 13 heavy (non-hydrogen) atoms. The van der Waals surface area contributed by atoms with E-state index in [0.29, 0.717) is 6.54 Å². The van der Waals surface area contributed by atoms with Crippen LogP contribution in [0.5, 0.6) is 0 Å².